The summed E-state index contributed by atoms with van der Waals surface area (Å²) in [4.78, 5) is 40.5. The molecule has 2 aromatic heterocycles. The van der Waals surface area contributed by atoms with Crippen LogP contribution in [-0.2, 0) is 17.1 Å². The van der Waals surface area contributed by atoms with Crippen LogP contribution in [0.3, 0.4) is 0 Å². The molecule has 0 unspecified atom stereocenters. The lowest BCUT2D eigenvalue weighted by atomic mass is 10.2. The van der Waals surface area contributed by atoms with Crippen LogP contribution >= 0.6 is 34.2 Å². The van der Waals surface area contributed by atoms with Crippen LogP contribution in [0, 0.1) is 3.57 Å². The Hall–Kier alpha value is -3.10. The van der Waals surface area contributed by atoms with E-state index >= 15 is 0 Å². The highest BCUT2D eigenvalue weighted by atomic mass is 127. The Balaban J connectivity index is 1.86. The SMILES string of the molecule is Cn1c(=O)cc(Nc2ccc(I)cc2Cl)c2c(=O)n(C3CC3)c(=O)n(-c3cccc(NS(C)(=O)=O)c3)c21. The van der Waals surface area contributed by atoms with Crippen LogP contribution in [0.5, 0.6) is 0 Å². The number of hydrogen-bond acceptors (Lipinski definition) is 6. The van der Waals surface area contributed by atoms with Gasteiger partial charge in [0, 0.05) is 22.7 Å². The van der Waals surface area contributed by atoms with Gasteiger partial charge in [-0.3, -0.25) is 23.4 Å². The van der Waals surface area contributed by atoms with Gasteiger partial charge in [-0.15, -0.1) is 0 Å². The lowest BCUT2D eigenvalue weighted by molar-refractivity contribution is 0.607. The number of aryl methyl sites for hydroxylation is 1. The van der Waals surface area contributed by atoms with Crippen LogP contribution < -0.4 is 26.8 Å². The average Bonchev–Trinajstić information content (AvgIpc) is 3.63. The molecule has 0 amide bonds. The molecule has 13 heteroatoms. The normalized spacial score (nSPS) is 13.6. The minimum atomic E-state index is -3.58. The summed E-state index contributed by atoms with van der Waals surface area (Å²) >= 11 is 8.54. The summed E-state index contributed by atoms with van der Waals surface area (Å²) in [6.45, 7) is 0. The van der Waals surface area contributed by atoms with Gasteiger partial charge in [0.2, 0.25) is 10.0 Å². The van der Waals surface area contributed by atoms with E-state index in [-0.39, 0.29) is 34.1 Å². The Morgan fingerprint density at radius 1 is 1.03 bits per heavy atom. The molecule has 5 rings (SSSR count). The molecule has 1 saturated carbocycles. The van der Waals surface area contributed by atoms with Crippen LogP contribution in [0.15, 0.2) is 62.9 Å². The largest absolute Gasteiger partial charge is 0.353 e. The fourth-order valence-corrected chi connectivity index (χ4v) is 5.67. The monoisotopic (exact) mass is 653 g/mol. The molecule has 2 N–H and O–H groups in total. The van der Waals surface area contributed by atoms with Crippen LogP contribution in [0.1, 0.15) is 18.9 Å². The molecule has 1 fully saturated rings. The summed E-state index contributed by atoms with van der Waals surface area (Å²) in [5.74, 6) is 0. The van der Waals surface area contributed by atoms with Crippen molar-refractivity contribution in [2.24, 2.45) is 7.05 Å². The van der Waals surface area contributed by atoms with Gasteiger partial charge in [-0.1, -0.05) is 17.7 Å². The van der Waals surface area contributed by atoms with E-state index in [2.05, 4.69) is 32.6 Å². The molecule has 0 bridgehead atoms. The predicted molar refractivity (Wildman–Crippen MR) is 153 cm³/mol. The first kappa shape index (κ1) is 25.5. The summed E-state index contributed by atoms with van der Waals surface area (Å²) < 4.78 is 30.6. The summed E-state index contributed by atoms with van der Waals surface area (Å²) in [7, 11) is -2.11. The second kappa shape index (κ2) is 9.33. The lowest BCUT2D eigenvalue weighted by Gasteiger charge is -2.19. The smallest absolute Gasteiger partial charge is 0.337 e. The second-order valence-corrected chi connectivity index (χ2v) is 12.3. The number of halogens is 2. The van der Waals surface area contributed by atoms with Gasteiger partial charge in [0.05, 0.1) is 34.0 Å². The van der Waals surface area contributed by atoms with E-state index in [1.807, 2.05) is 6.07 Å². The summed E-state index contributed by atoms with van der Waals surface area (Å²) in [6.07, 6.45) is 2.37. The molecule has 0 spiro atoms. The zero-order chi connectivity index (χ0) is 26.6. The molecule has 2 heterocycles. The van der Waals surface area contributed by atoms with Crippen LogP contribution in [0.25, 0.3) is 16.7 Å². The van der Waals surface area contributed by atoms with Crippen LogP contribution in [0.4, 0.5) is 17.1 Å². The molecule has 0 atom stereocenters. The number of rotatable bonds is 6. The second-order valence-electron chi connectivity index (χ2n) is 8.85. The summed E-state index contributed by atoms with van der Waals surface area (Å²) in [5, 5.41) is 3.64. The van der Waals surface area contributed by atoms with Crippen molar-refractivity contribution < 1.29 is 8.42 Å². The van der Waals surface area contributed by atoms with E-state index in [1.165, 1.54) is 32.9 Å². The molecule has 37 heavy (non-hydrogen) atoms. The topological polar surface area (TPSA) is 124 Å². The van der Waals surface area contributed by atoms with Crippen molar-refractivity contribution >= 4 is 72.3 Å². The number of hydrogen-bond donors (Lipinski definition) is 2. The summed E-state index contributed by atoms with van der Waals surface area (Å²) in [5.41, 5.74) is -0.309. The zero-order valence-corrected chi connectivity index (χ0v) is 23.4. The number of nitrogens with zero attached hydrogens (tertiary/aromatic N) is 3. The average molecular weight is 654 g/mol. The number of fused-ring (bicyclic) bond motifs is 1. The maximum atomic E-state index is 13.8. The third-order valence-corrected chi connectivity index (χ3v) is 7.56. The van der Waals surface area contributed by atoms with Gasteiger partial charge < -0.3 is 5.32 Å². The van der Waals surface area contributed by atoms with Crippen LogP contribution in [0.2, 0.25) is 5.02 Å². The molecular formula is C24H21ClIN5O5S. The third-order valence-electron chi connectivity index (χ3n) is 5.97. The molecule has 1 aliphatic rings. The van der Waals surface area contributed by atoms with Crippen molar-refractivity contribution in [3.8, 4) is 5.69 Å². The maximum absolute atomic E-state index is 13.8. The van der Waals surface area contributed by atoms with Crippen molar-refractivity contribution in [3.63, 3.8) is 0 Å². The van der Waals surface area contributed by atoms with Gasteiger partial charge in [-0.2, -0.15) is 0 Å². The van der Waals surface area contributed by atoms with Crippen molar-refractivity contribution in [1.82, 2.24) is 13.7 Å². The van der Waals surface area contributed by atoms with Gasteiger partial charge in [0.15, 0.2) is 0 Å². The van der Waals surface area contributed by atoms with E-state index in [1.54, 1.807) is 30.3 Å². The number of pyridine rings is 1. The van der Waals surface area contributed by atoms with Gasteiger partial charge in [0.25, 0.3) is 11.1 Å². The molecule has 0 saturated heterocycles. The fourth-order valence-electron chi connectivity index (χ4n) is 4.21. The minimum absolute atomic E-state index is 0.0695. The van der Waals surface area contributed by atoms with Crippen molar-refractivity contribution in [1.29, 1.82) is 0 Å². The number of sulfonamides is 1. The Labute approximate surface area is 229 Å². The van der Waals surface area contributed by atoms with Crippen molar-refractivity contribution in [3.05, 3.63) is 88.3 Å². The molecule has 10 nitrogen and oxygen atoms in total. The molecule has 2 aromatic carbocycles. The van der Waals surface area contributed by atoms with Gasteiger partial charge in [-0.05, 0) is 71.8 Å². The van der Waals surface area contributed by atoms with E-state index in [4.69, 9.17) is 11.6 Å². The molecule has 4 aromatic rings. The molecule has 0 aliphatic heterocycles. The van der Waals surface area contributed by atoms with Crippen molar-refractivity contribution in [2.75, 3.05) is 16.3 Å². The highest BCUT2D eigenvalue weighted by Gasteiger charge is 2.31. The van der Waals surface area contributed by atoms with E-state index in [0.717, 1.165) is 9.83 Å². The van der Waals surface area contributed by atoms with Gasteiger partial charge >= 0.3 is 5.69 Å². The summed E-state index contributed by atoms with van der Waals surface area (Å²) in [6, 6.07) is 12.6. The van der Waals surface area contributed by atoms with Crippen molar-refractivity contribution in [2.45, 2.75) is 18.9 Å². The predicted octanol–water partition coefficient (Wildman–Crippen LogP) is 3.56. The number of anilines is 3. The van der Waals surface area contributed by atoms with Crippen LogP contribution in [-0.4, -0.2) is 28.4 Å². The zero-order valence-electron chi connectivity index (χ0n) is 19.7. The van der Waals surface area contributed by atoms with E-state index in [0.29, 0.717) is 23.6 Å². The minimum Gasteiger partial charge on any atom is -0.353 e. The number of nitrogens with one attached hydrogen (secondary N) is 2. The first-order chi connectivity index (χ1) is 17.4. The lowest BCUT2D eigenvalue weighted by Crippen LogP contribution is -2.41. The molecule has 1 aliphatic carbocycles. The number of benzene rings is 2. The molecule has 0 radical (unpaired) electrons. The highest BCUT2D eigenvalue weighted by molar-refractivity contribution is 14.1. The molecular weight excluding hydrogens is 633 g/mol. The Morgan fingerprint density at radius 2 is 1.76 bits per heavy atom. The highest BCUT2D eigenvalue weighted by Crippen LogP contribution is 2.34. The van der Waals surface area contributed by atoms with Gasteiger partial charge in [-0.25, -0.2) is 17.8 Å². The van der Waals surface area contributed by atoms with Gasteiger partial charge in [0.1, 0.15) is 11.0 Å². The molecule has 192 valence electrons. The Bertz CT molecular complexity index is 1880. The quantitative estimate of drug-likeness (QED) is 0.307. The number of aromatic nitrogens is 3. The third kappa shape index (κ3) is 4.92. The Morgan fingerprint density at radius 3 is 2.41 bits per heavy atom. The standard InChI is InChI=1S/C24H21ClIN5O5S/c1-29-20(32)12-19(27-18-9-6-13(26)10-17(18)25)21-22(29)30(24(34)31(23(21)33)15-7-8-15)16-5-3-4-14(11-16)28-37(2,35)36/h3-6,9-12,15,27-28H,7-8H2,1-2H3. The van der Waals surface area contributed by atoms with E-state index < -0.39 is 26.8 Å². The maximum Gasteiger partial charge on any atom is 0.337 e. The first-order valence-electron chi connectivity index (χ1n) is 11.2. The fraction of sp³-hybridized carbons (Fsp3) is 0.208. The van der Waals surface area contributed by atoms with E-state index in [9.17, 15) is 22.8 Å². The first-order valence-corrected chi connectivity index (χ1v) is 14.5. The Kier molecular flexibility index (Phi) is 6.44.